The van der Waals surface area contributed by atoms with E-state index in [9.17, 15) is 0 Å². The van der Waals surface area contributed by atoms with Crippen LogP contribution in [-0.2, 0) is 0 Å². The molecule has 0 heterocycles. The van der Waals surface area contributed by atoms with E-state index >= 15 is 0 Å². The second-order valence-electron chi connectivity index (χ2n) is 2.15. The summed E-state index contributed by atoms with van der Waals surface area (Å²) in [6.45, 7) is 5.83. The Morgan fingerprint density at radius 3 is 2.00 bits per heavy atom. The van der Waals surface area contributed by atoms with Crippen molar-refractivity contribution >= 4 is 54.5 Å². The van der Waals surface area contributed by atoms with E-state index in [0.717, 1.165) is 5.57 Å². The van der Waals surface area contributed by atoms with Gasteiger partial charge in [-0.15, -0.1) is 0 Å². The molecule has 0 N–H and O–H groups in total. The van der Waals surface area contributed by atoms with E-state index in [0.29, 0.717) is 0 Å². The van der Waals surface area contributed by atoms with Crippen molar-refractivity contribution in [3.8, 4) is 0 Å². The first kappa shape index (κ1) is 10.5. The number of hydrogen-bond acceptors (Lipinski definition) is 0. The normalized spacial score (nSPS) is 8.10. The molecular weight excluding hydrogens is 245 g/mol. The zero-order chi connectivity index (χ0) is 6.69. The van der Waals surface area contributed by atoms with Gasteiger partial charge in [0.05, 0.1) is 0 Å². The second kappa shape index (κ2) is 5.22. The van der Waals surface area contributed by atoms with Crippen LogP contribution in [0.4, 0.5) is 0 Å². The van der Waals surface area contributed by atoms with Crippen LogP contribution in [0.5, 0.6) is 0 Å². The molecule has 0 saturated carbocycles. The molecule has 0 atom stereocenters. The van der Waals surface area contributed by atoms with Crippen molar-refractivity contribution in [2.24, 2.45) is 0 Å². The van der Waals surface area contributed by atoms with Crippen molar-refractivity contribution in [2.75, 3.05) is 0 Å². The maximum absolute atomic E-state index is 3.83. The third-order valence-electron chi connectivity index (χ3n) is 1.27. The third kappa shape index (κ3) is 3.08. The average molecular weight is 258 g/mol. The number of hydrogen-bond donors (Lipinski definition) is 0. The summed E-state index contributed by atoms with van der Waals surface area (Å²) in [6, 6.07) is 10.2. The number of benzene rings is 1. The topological polar surface area (TPSA) is 0 Å². The van der Waals surface area contributed by atoms with Crippen LogP contribution in [0.15, 0.2) is 36.9 Å². The van der Waals surface area contributed by atoms with Crippen molar-refractivity contribution < 1.29 is 0 Å². The molecule has 0 aliphatic heterocycles. The second-order valence-corrected chi connectivity index (χ2v) is 2.15. The quantitative estimate of drug-likeness (QED) is 0.673. The first-order chi connectivity index (χ1) is 4.30. The van der Waals surface area contributed by atoms with Gasteiger partial charge in [0.25, 0.3) is 0 Å². The predicted molar refractivity (Wildman–Crippen MR) is 49.7 cm³/mol. The number of allylic oxidation sites excluding steroid dienone is 1. The molecule has 0 aliphatic carbocycles. The van der Waals surface area contributed by atoms with E-state index in [1.54, 1.807) is 0 Å². The zero-order valence-electron chi connectivity index (χ0n) is 5.59. The molecular formula is C9H12Ba. The summed E-state index contributed by atoms with van der Waals surface area (Å²) < 4.78 is 0. The molecule has 0 aromatic heterocycles. The first-order valence-corrected chi connectivity index (χ1v) is 3.01. The minimum absolute atomic E-state index is 0. The van der Waals surface area contributed by atoms with Gasteiger partial charge in [-0.2, -0.15) is 0 Å². The van der Waals surface area contributed by atoms with Crippen LogP contribution in [-0.4, -0.2) is 48.9 Å². The SMILES string of the molecule is C=C(C)c1ccccc1.[BaH2]. The zero-order valence-corrected chi connectivity index (χ0v) is 5.59. The van der Waals surface area contributed by atoms with Crippen LogP contribution < -0.4 is 0 Å². The van der Waals surface area contributed by atoms with Crippen LogP contribution in [0.25, 0.3) is 5.57 Å². The Morgan fingerprint density at radius 1 is 1.20 bits per heavy atom. The summed E-state index contributed by atoms with van der Waals surface area (Å²) >= 11 is 0. The molecule has 0 spiro atoms. The Hall–Kier alpha value is 0.531. The van der Waals surface area contributed by atoms with Crippen LogP contribution in [0, 0.1) is 0 Å². The first-order valence-electron chi connectivity index (χ1n) is 3.01. The molecule has 1 heteroatoms. The number of rotatable bonds is 1. The summed E-state index contributed by atoms with van der Waals surface area (Å²) in [4.78, 5) is 0. The van der Waals surface area contributed by atoms with E-state index < -0.39 is 0 Å². The van der Waals surface area contributed by atoms with Gasteiger partial charge in [0, 0.05) is 0 Å². The molecule has 1 aromatic rings. The molecule has 10 heavy (non-hydrogen) atoms. The van der Waals surface area contributed by atoms with E-state index in [1.165, 1.54) is 5.56 Å². The fourth-order valence-corrected chi connectivity index (χ4v) is 0.723. The van der Waals surface area contributed by atoms with E-state index in [-0.39, 0.29) is 48.9 Å². The third-order valence-corrected chi connectivity index (χ3v) is 1.27. The van der Waals surface area contributed by atoms with Gasteiger partial charge in [0.2, 0.25) is 0 Å². The predicted octanol–water partition coefficient (Wildman–Crippen LogP) is 1.80. The van der Waals surface area contributed by atoms with Crippen molar-refractivity contribution in [3.63, 3.8) is 0 Å². The summed E-state index contributed by atoms with van der Waals surface area (Å²) in [7, 11) is 0. The van der Waals surface area contributed by atoms with E-state index in [2.05, 4.69) is 18.7 Å². The molecule has 0 radical (unpaired) electrons. The molecule has 0 bridgehead atoms. The van der Waals surface area contributed by atoms with Gasteiger partial charge in [-0.3, -0.25) is 0 Å². The van der Waals surface area contributed by atoms with E-state index in [1.807, 2.05) is 25.1 Å². The van der Waals surface area contributed by atoms with Crippen LogP contribution in [0.3, 0.4) is 0 Å². The molecule has 0 saturated heterocycles. The van der Waals surface area contributed by atoms with Gasteiger partial charge in [-0.1, -0.05) is 42.5 Å². The van der Waals surface area contributed by atoms with Crippen LogP contribution in [0.1, 0.15) is 12.5 Å². The summed E-state index contributed by atoms with van der Waals surface area (Å²) in [5.74, 6) is 0. The Bertz CT molecular complexity index is 201. The Kier molecular flexibility index (Phi) is 5.49. The molecule has 0 fully saturated rings. The summed E-state index contributed by atoms with van der Waals surface area (Å²) in [5, 5.41) is 0. The van der Waals surface area contributed by atoms with Gasteiger partial charge in [-0.05, 0) is 12.5 Å². The fraction of sp³-hybridized carbons (Fsp3) is 0.111. The Labute approximate surface area is 102 Å². The minimum atomic E-state index is 0. The fourth-order valence-electron chi connectivity index (χ4n) is 0.723. The molecule has 50 valence electrons. The van der Waals surface area contributed by atoms with Gasteiger partial charge in [-0.25, -0.2) is 0 Å². The molecule has 0 nitrogen and oxygen atoms in total. The van der Waals surface area contributed by atoms with Crippen molar-refractivity contribution in [1.29, 1.82) is 0 Å². The monoisotopic (exact) mass is 258 g/mol. The van der Waals surface area contributed by atoms with Gasteiger partial charge in [0.15, 0.2) is 0 Å². The van der Waals surface area contributed by atoms with Crippen molar-refractivity contribution in [1.82, 2.24) is 0 Å². The van der Waals surface area contributed by atoms with Gasteiger partial charge >= 0.3 is 48.9 Å². The molecule has 1 aromatic carbocycles. The van der Waals surface area contributed by atoms with E-state index in [4.69, 9.17) is 0 Å². The Balaban J connectivity index is 0.000000810. The summed E-state index contributed by atoms with van der Waals surface area (Å²) in [5.41, 5.74) is 2.34. The average Bonchev–Trinajstić information content (AvgIpc) is 1.90. The van der Waals surface area contributed by atoms with Gasteiger partial charge < -0.3 is 0 Å². The van der Waals surface area contributed by atoms with Gasteiger partial charge in [0.1, 0.15) is 0 Å². The standard InChI is InChI=1S/C9H10.Ba.2H/c1-8(2)9-6-4-3-5-7-9;;;/h3-7H,1H2,2H3;;;. The summed E-state index contributed by atoms with van der Waals surface area (Å²) in [6.07, 6.45) is 0. The molecule has 0 unspecified atom stereocenters. The maximum atomic E-state index is 3.83. The molecule has 1 rings (SSSR count). The van der Waals surface area contributed by atoms with Crippen LogP contribution >= 0.6 is 0 Å². The molecule has 0 amide bonds. The van der Waals surface area contributed by atoms with Crippen molar-refractivity contribution in [3.05, 3.63) is 42.5 Å². The van der Waals surface area contributed by atoms with Crippen molar-refractivity contribution in [2.45, 2.75) is 6.92 Å². The van der Waals surface area contributed by atoms with Crippen LogP contribution in [0.2, 0.25) is 0 Å². The molecule has 0 aliphatic rings. The Morgan fingerprint density at radius 2 is 1.70 bits per heavy atom.